The van der Waals surface area contributed by atoms with Gasteiger partial charge in [-0.25, -0.2) is 0 Å². The van der Waals surface area contributed by atoms with Gasteiger partial charge < -0.3 is 29.8 Å². The van der Waals surface area contributed by atoms with Gasteiger partial charge in [-0.3, -0.25) is 9.59 Å². The summed E-state index contributed by atoms with van der Waals surface area (Å²) < 4.78 is 12.5. The number of ether oxygens (including phenoxy) is 2. The Bertz CT molecular complexity index is 1080. The topological polar surface area (TPSA) is 102 Å². The summed E-state index contributed by atoms with van der Waals surface area (Å²) in [7, 11) is 1.95. The number of carbonyl (C=O) groups is 2. The van der Waals surface area contributed by atoms with Gasteiger partial charge in [0, 0.05) is 31.9 Å². The van der Waals surface area contributed by atoms with Crippen LogP contribution < -0.4 is 20.1 Å². The largest absolute Gasteiger partial charge is 0.454 e. The third-order valence-electron chi connectivity index (χ3n) is 4.85. The molecule has 0 aliphatic carbocycles. The van der Waals surface area contributed by atoms with Gasteiger partial charge in [0.15, 0.2) is 11.5 Å². The molecule has 4 rings (SSSR count). The quantitative estimate of drug-likeness (QED) is 0.567. The highest BCUT2D eigenvalue weighted by Crippen LogP contribution is 2.32. The second-order valence-electron chi connectivity index (χ2n) is 6.84. The van der Waals surface area contributed by atoms with Crippen molar-refractivity contribution < 1.29 is 24.2 Å². The first-order valence-corrected chi connectivity index (χ1v) is 9.19. The van der Waals surface area contributed by atoms with Gasteiger partial charge in [-0.1, -0.05) is 12.1 Å². The van der Waals surface area contributed by atoms with E-state index in [4.69, 9.17) is 9.47 Å². The Morgan fingerprint density at radius 1 is 1.07 bits per heavy atom. The molecule has 0 saturated carbocycles. The van der Waals surface area contributed by atoms with Crippen molar-refractivity contribution >= 4 is 22.7 Å². The summed E-state index contributed by atoms with van der Waals surface area (Å²) in [6.45, 7) is 0.290. The molecule has 29 heavy (non-hydrogen) atoms. The summed E-state index contributed by atoms with van der Waals surface area (Å²) in [6.07, 6.45) is 1.03. The molecule has 1 unspecified atom stereocenters. The standard InChI is InChI=1S/C21H21N3O5/c1-24-7-6-14-9-15(3-4-16(14)24)17(25)11-23-21(27)20(26)22-10-13-2-5-18-19(8-13)29-12-28-18/h2-9,17,25H,10-12H2,1H3,(H,22,26)(H,23,27). The summed E-state index contributed by atoms with van der Waals surface area (Å²) >= 11 is 0. The molecule has 2 aromatic carbocycles. The minimum absolute atomic E-state index is 0.0609. The van der Waals surface area contributed by atoms with Crippen molar-refractivity contribution in [2.75, 3.05) is 13.3 Å². The molecule has 1 aliphatic rings. The van der Waals surface area contributed by atoms with E-state index in [1.165, 1.54) is 0 Å². The zero-order valence-electron chi connectivity index (χ0n) is 15.8. The Morgan fingerprint density at radius 3 is 2.72 bits per heavy atom. The van der Waals surface area contributed by atoms with E-state index in [9.17, 15) is 14.7 Å². The van der Waals surface area contributed by atoms with Crippen LogP contribution in [0.5, 0.6) is 11.5 Å². The van der Waals surface area contributed by atoms with E-state index in [0.29, 0.717) is 17.1 Å². The Labute approximate surface area is 167 Å². The lowest BCUT2D eigenvalue weighted by atomic mass is 10.1. The van der Waals surface area contributed by atoms with Crippen LogP contribution in [-0.2, 0) is 23.2 Å². The van der Waals surface area contributed by atoms with Gasteiger partial charge in [-0.15, -0.1) is 0 Å². The van der Waals surface area contributed by atoms with Crippen molar-refractivity contribution in [3.63, 3.8) is 0 Å². The minimum Gasteiger partial charge on any atom is -0.454 e. The van der Waals surface area contributed by atoms with Gasteiger partial charge >= 0.3 is 11.8 Å². The van der Waals surface area contributed by atoms with Gasteiger partial charge in [0.05, 0.1) is 6.10 Å². The number of amides is 2. The molecule has 0 saturated heterocycles. The first-order chi connectivity index (χ1) is 14.0. The number of hydrogen-bond donors (Lipinski definition) is 3. The number of aliphatic hydroxyl groups excluding tert-OH is 1. The minimum atomic E-state index is -0.912. The number of carbonyl (C=O) groups excluding carboxylic acids is 2. The number of aliphatic hydroxyl groups is 1. The van der Waals surface area contributed by atoms with Crippen LogP contribution in [-0.4, -0.2) is 34.8 Å². The molecule has 0 bridgehead atoms. The van der Waals surface area contributed by atoms with Gasteiger partial charge in [0.1, 0.15) is 0 Å². The molecule has 3 N–H and O–H groups in total. The third-order valence-corrected chi connectivity index (χ3v) is 4.85. The third kappa shape index (κ3) is 4.02. The zero-order chi connectivity index (χ0) is 20.4. The van der Waals surface area contributed by atoms with Crippen LogP contribution in [0.15, 0.2) is 48.7 Å². The maximum atomic E-state index is 12.0. The molecular formula is C21H21N3O5. The van der Waals surface area contributed by atoms with Crippen molar-refractivity contribution in [1.82, 2.24) is 15.2 Å². The molecule has 1 aliphatic heterocycles. The van der Waals surface area contributed by atoms with Crippen LogP contribution >= 0.6 is 0 Å². The first-order valence-electron chi connectivity index (χ1n) is 9.19. The average Bonchev–Trinajstić information content (AvgIpc) is 3.35. The monoisotopic (exact) mass is 395 g/mol. The smallest absolute Gasteiger partial charge is 0.309 e. The molecule has 1 atom stereocenters. The number of fused-ring (bicyclic) bond motifs is 2. The van der Waals surface area contributed by atoms with E-state index in [0.717, 1.165) is 16.5 Å². The average molecular weight is 395 g/mol. The highest BCUT2D eigenvalue weighted by Gasteiger charge is 2.17. The highest BCUT2D eigenvalue weighted by atomic mass is 16.7. The fourth-order valence-corrected chi connectivity index (χ4v) is 3.21. The van der Waals surface area contributed by atoms with Crippen molar-refractivity contribution in [1.29, 1.82) is 0 Å². The lowest BCUT2D eigenvalue weighted by Gasteiger charge is -2.13. The molecule has 0 spiro atoms. The number of rotatable bonds is 5. The molecule has 2 amide bonds. The van der Waals surface area contributed by atoms with Gasteiger partial charge in [-0.2, -0.15) is 0 Å². The number of nitrogens with one attached hydrogen (secondary N) is 2. The van der Waals surface area contributed by atoms with Crippen molar-refractivity contribution in [2.45, 2.75) is 12.6 Å². The van der Waals surface area contributed by atoms with Crippen molar-refractivity contribution in [2.24, 2.45) is 7.05 Å². The lowest BCUT2D eigenvalue weighted by molar-refractivity contribution is -0.139. The maximum absolute atomic E-state index is 12.0. The lowest BCUT2D eigenvalue weighted by Crippen LogP contribution is -2.41. The number of benzene rings is 2. The number of nitrogens with zero attached hydrogens (tertiary/aromatic N) is 1. The molecule has 1 aromatic heterocycles. The molecule has 0 fully saturated rings. The molecule has 8 heteroatoms. The first kappa shape index (κ1) is 18.8. The molecule has 8 nitrogen and oxygen atoms in total. The molecule has 2 heterocycles. The summed E-state index contributed by atoms with van der Waals surface area (Å²) in [4.78, 5) is 24.0. The van der Waals surface area contributed by atoms with Crippen molar-refractivity contribution in [3.05, 3.63) is 59.8 Å². The summed E-state index contributed by atoms with van der Waals surface area (Å²) in [5, 5.41) is 16.3. The van der Waals surface area contributed by atoms with E-state index >= 15 is 0 Å². The van der Waals surface area contributed by atoms with Crippen LogP contribution in [0.25, 0.3) is 10.9 Å². The Balaban J connectivity index is 1.28. The van der Waals surface area contributed by atoms with Crippen LogP contribution in [0.3, 0.4) is 0 Å². The highest BCUT2D eigenvalue weighted by molar-refractivity contribution is 6.35. The van der Waals surface area contributed by atoms with E-state index in [1.807, 2.05) is 36.0 Å². The summed E-state index contributed by atoms with van der Waals surface area (Å²) in [5.41, 5.74) is 2.50. The fraction of sp³-hybridized carbons (Fsp3) is 0.238. The molecular weight excluding hydrogens is 374 g/mol. The molecule has 3 aromatic rings. The van der Waals surface area contributed by atoms with E-state index in [1.54, 1.807) is 24.3 Å². The molecule has 0 radical (unpaired) electrons. The second-order valence-corrected chi connectivity index (χ2v) is 6.84. The van der Waals surface area contributed by atoms with Crippen LogP contribution in [0, 0.1) is 0 Å². The SMILES string of the molecule is Cn1ccc2cc(C(O)CNC(=O)C(=O)NCc3ccc4c(c3)OCO4)ccc21. The van der Waals surface area contributed by atoms with Gasteiger partial charge in [-0.05, 0) is 46.8 Å². The van der Waals surface area contributed by atoms with E-state index < -0.39 is 17.9 Å². The van der Waals surface area contributed by atoms with Crippen LogP contribution in [0.1, 0.15) is 17.2 Å². The normalized spacial score (nSPS) is 13.3. The number of hydrogen-bond acceptors (Lipinski definition) is 5. The Kier molecular flexibility index (Phi) is 5.09. The van der Waals surface area contributed by atoms with Crippen LogP contribution in [0.2, 0.25) is 0 Å². The van der Waals surface area contributed by atoms with E-state index in [-0.39, 0.29) is 19.9 Å². The number of aromatic nitrogens is 1. The zero-order valence-corrected chi connectivity index (χ0v) is 15.8. The van der Waals surface area contributed by atoms with Gasteiger partial charge in [0.25, 0.3) is 0 Å². The van der Waals surface area contributed by atoms with Crippen molar-refractivity contribution in [3.8, 4) is 11.5 Å². The van der Waals surface area contributed by atoms with Crippen LogP contribution in [0.4, 0.5) is 0 Å². The second kappa shape index (κ2) is 7.84. The van der Waals surface area contributed by atoms with Gasteiger partial charge in [0.2, 0.25) is 6.79 Å². The predicted octanol–water partition coefficient (Wildman–Crippen LogP) is 1.37. The maximum Gasteiger partial charge on any atom is 0.309 e. The Morgan fingerprint density at radius 2 is 1.86 bits per heavy atom. The Hall–Kier alpha value is -3.52. The summed E-state index contributed by atoms with van der Waals surface area (Å²) in [5.74, 6) is -0.306. The van der Waals surface area contributed by atoms with E-state index in [2.05, 4.69) is 10.6 Å². The fourth-order valence-electron chi connectivity index (χ4n) is 3.21. The molecule has 150 valence electrons. The summed E-state index contributed by atoms with van der Waals surface area (Å²) in [6, 6.07) is 12.8. The predicted molar refractivity (Wildman–Crippen MR) is 105 cm³/mol. The number of aryl methyl sites for hydroxylation is 1.